The Balaban J connectivity index is 1.59. The molecule has 0 unspecified atom stereocenters. The second-order valence-electron chi connectivity index (χ2n) is 8.05. The lowest BCUT2D eigenvalue weighted by Crippen LogP contribution is -2.67. The Kier molecular flexibility index (Phi) is 6.97. The molecule has 3 N–H and O–H groups in total. The molecule has 3 heterocycles. The van der Waals surface area contributed by atoms with E-state index in [0.29, 0.717) is 39.2 Å². The highest BCUT2D eigenvalue weighted by molar-refractivity contribution is 9.10. The molecule has 32 heavy (non-hydrogen) atoms. The smallest absolute Gasteiger partial charge is 0.257 e. The van der Waals surface area contributed by atoms with Crippen molar-refractivity contribution in [1.29, 1.82) is 0 Å². The Morgan fingerprint density at radius 3 is 2.84 bits per heavy atom. The van der Waals surface area contributed by atoms with Gasteiger partial charge in [0.25, 0.3) is 5.91 Å². The van der Waals surface area contributed by atoms with E-state index in [1.807, 2.05) is 6.07 Å². The molecule has 0 radical (unpaired) electrons. The van der Waals surface area contributed by atoms with Crippen LogP contribution in [0.3, 0.4) is 0 Å². The van der Waals surface area contributed by atoms with Crippen LogP contribution in [0.4, 0.5) is 11.4 Å². The number of pyridine rings is 1. The number of aromatic nitrogens is 2. The second kappa shape index (κ2) is 9.57. The molecule has 1 aliphatic heterocycles. The van der Waals surface area contributed by atoms with E-state index in [4.69, 9.17) is 23.2 Å². The van der Waals surface area contributed by atoms with Crippen LogP contribution in [0.5, 0.6) is 0 Å². The number of halogens is 3. The molecule has 0 bridgehead atoms. The lowest BCUT2D eigenvalue weighted by molar-refractivity contribution is -0.0784. The number of hydrogen-bond acceptors (Lipinski definition) is 5. The lowest BCUT2D eigenvalue weighted by Gasteiger charge is -2.46. The summed E-state index contributed by atoms with van der Waals surface area (Å²) >= 11 is 16.4. The number of hydrogen-bond donors (Lipinski definition) is 3. The number of anilines is 2. The fourth-order valence-electron chi connectivity index (χ4n) is 3.74. The van der Waals surface area contributed by atoms with Crippen LogP contribution in [-0.4, -0.2) is 57.1 Å². The predicted molar refractivity (Wildman–Crippen MR) is 131 cm³/mol. The summed E-state index contributed by atoms with van der Waals surface area (Å²) in [5, 5.41) is 18.0. The number of rotatable bonds is 8. The van der Waals surface area contributed by atoms with Crippen LogP contribution in [-0.2, 0) is 0 Å². The van der Waals surface area contributed by atoms with Crippen LogP contribution in [0, 0.1) is 0 Å². The number of fused-ring (bicyclic) bond motifs is 1. The highest BCUT2D eigenvalue weighted by atomic mass is 79.9. The number of aliphatic hydroxyl groups is 1. The Morgan fingerprint density at radius 2 is 2.12 bits per heavy atom. The Hall–Kier alpha value is -1.84. The van der Waals surface area contributed by atoms with Crippen molar-refractivity contribution in [2.45, 2.75) is 25.4 Å². The second-order valence-corrected chi connectivity index (χ2v) is 9.76. The van der Waals surface area contributed by atoms with Gasteiger partial charge in [-0.15, -0.1) is 0 Å². The fourth-order valence-corrected chi connectivity index (χ4v) is 4.76. The first-order chi connectivity index (χ1) is 15.3. The number of carbonyl (C=O) groups excluding carboxylic acids is 1. The molecule has 0 spiro atoms. The van der Waals surface area contributed by atoms with Gasteiger partial charge in [-0.1, -0.05) is 52.5 Å². The highest BCUT2D eigenvalue weighted by Gasteiger charge is 2.44. The average Bonchev–Trinajstić information content (AvgIpc) is 3.21. The minimum Gasteiger partial charge on any atom is -0.385 e. The van der Waals surface area contributed by atoms with Gasteiger partial charge in [-0.25, -0.2) is 4.98 Å². The van der Waals surface area contributed by atoms with E-state index >= 15 is 0 Å². The van der Waals surface area contributed by atoms with Gasteiger partial charge in [-0.3, -0.25) is 4.79 Å². The van der Waals surface area contributed by atoms with Crippen molar-refractivity contribution in [2.24, 2.45) is 0 Å². The van der Waals surface area contributed by atoms with Gasteiger partial charge in [0.1, 0.15) is 10.6 Å². The standard InChI is InChI=1S/C22H24BrCl2N5O2/c1-2-3-6-26-11-22(32)12-30(13-22)21(31)15-10-29-8-7-27-20(29)18(25)19(15)28-17-5-4-14(23)9-16(17)24/h4-5,7-10,26,28,32H,2-3,6,11-13H2,1H3. The van der Waals surface area contributed by atoms with Crippen LogP contribution in [0.15, 0.2) is 41.3 Å². The van der Waals surface area contributed by atoms with Gasteiger partial charge < -0.3 is 25.0 Å². The molecule has 0 saturated carbocycles. The third kappa shape index (κ3) is 4.75. The van der Waals surface area contributed by atoms with Crippen LogP contribution < -0.4 is 10.6 Å². The van der Waals surface area contributed by atoms with Gasteiger partial charge in [-0.2, -0.15) is 0 Å². The summed E-state index contributed by atoms with van der Waals surface area (Å²) in [7, 11) is 0. The number of unbranched alkanes of at least 4 members (excludes halogenated alkanes) is 1. The minimum atomic E-state index is -0.922. The summed E-state index contributed by atoms with van der Waals surface area (Å²) in [5.41, 5.74) is 1.02. The minimum absolute atomic E-state index is 0.225. The zero-order valence-corrected chi connectivity index (χ0v) is 20.6. The third-order valence-electron chi connectivity index (χ3n) is 5.46. The van der Waals surface area contributed by atoms with Crippen molar-refractivity contribution >= 4 is 62.1 Å². The number of imidazole rings is 1. The molecule has 1 aliphatic rings. The Labute approximate surface area is 204 Å². The molecule has 1 amide bonds. The third-order valence-corrected chi connectivity index (χ3v) is 6.63. The number of nitrogens with zero attached hydrogens (tertiary/aromatic N) is 3. The summed E-state index contributed by atoms with van der Waals surface area (Å²) < 4.78 is 2.55. The molecule has 10 heteroatoms. The Bertz CT molecular complexity index is 1150. The molecule has 4 rings (SSSR count). The van der Waals surface area contributed by atoms with E-state index < -0.39 is 5.60 Å². The molecular formula is C22H24BrCl2N5O2. The molecule has 2 aromatic heterocycles. The molecule has 1 saturated heterocycles. The zero-order valence-electron chi connectivity index (χ0n) is 17.5. The van der Waals surface area contributed by atoms with E-state index in [9.17, 15) is 9.90 Å². The maximum atomic E-state index is 13.4. The Morgan fingerprint density at radius 1 is 1.34 bits per heavy atom. The first-order valence-corrected chi connectivity index (χ1v) is 12.0. The number of benzene rings is 1. The quantitative estimate of drug-likeness (QED) is 0.360. The van der Waals surface area contributed by atoms with Crippen molar-refractivity contribution < 1.29 is 9.90 Å². The SMILES string of the molecule is CCCCNCC1(O)CN(C(=O)c2cn3ccnc3c(Cl)c2Nc2ccc(Br)cc2Cl)C1. The van der Waals surface area contributed by atoms with Gasteiger partial charge in [0.15, 0.2) is 5.65 Å². The summed E-state index contributed by atoms with van der Waals surface area (Å²) in [4.78, 5) is 19.3. The summed E-state index contributed by atoms with van der Waals surface area (Å²) in [6.07, 6.45) is 7.19. The largest absolute Gasteiger partial charge is 0.385 e. The molecule has 3 aromatic rings. The van der Waals surface area contributed by atoms with Crippen LogP contribution in [0.1, 0.15) is 30.1 Å². The van der Waals surface area contributed by atoms with Crippen LogP contribution >= 0.6 is 39.1 Å². The molecule has 1 aromatic carbocycles. The van der Waals surface area contributed by atoms with Crippen molar-refractivity contribution in [2.75, 3.05) is 31.5 Å². The normalized spacial score (nSPS) is 15.1. The van der Waals surface area contributed by atoms with Gasteiger partial charge in [0.2, 0.25) is 0 Å². The number of carbonyl (C=O) groups is 1. The van der Waals surface area contributed by atoms with Crippen molar-refractivity contribution in [1.82, 2.24) is 19.6 Å². The average molecular weight is 541 g/mol. The number of β-amino-alcohol motifs (C(OH)–C–C–N with tert-alkyl or cyclic N) is 1. The summed E-state index contributed by atoms with van der Waals surface area (Å²) in [6.45, 7) is 3.93. The zero-order chi connectivity index (χ0) is 22.9. The topological polar surface area (TPSA) is 81.9 Å². The summed E-state index contributed by atoms with van der Waals surface area (Å²) in [6, 6.07) is 5.41. The van der Waals surface area contributed by atoms with Crippen molar-refractivity contribution in [3.05, 3.63) is 56.9 Å². The number of likely N-dealkylation sites (tertiary alicyclic amines) is 1. The van der Waals surface area contributed by atoms with Crippen LogP contribution in [0.2, 0.25) is 10.0 Å². The first kappa shape index (κ1) is 23.3. The molecule has 0 aliphatic carbocycles. The summed E-state index contributed by atoms with van der Waals surface area (Å²) in [5.74, 6) is -0.225. The highest BCUT2D eigenvalue weighted by Crippen LogP contribution is 2.37. The van der Waals surface area contributed by atoms with E-state index in [0.717, 1.165) is 23.9 Å². The molecule has 1 fully saturated rings. The molecular weight excluding hydrogens is 517 g/mol. The van der Waals surface area contributed by atoms with E-state index in [2.05, 4.69) is 38.5 Å². The van der Waals surface area contributed by atoms with Gasteiger partial charge in [-0.05, 0) is 31.2 Å². The predicted octanol–water partition coefficient (Wildman–Crippen LogP) is 4.72. The number of amides is 1. The van der Waals surface area contributed by atoms with Gasteiger partial charge in [0.05, 0.1) is 35.1 Å². The van der Waals surface area contributed by atoms with E-state index in [1.165, 1.54) is 0 Å². The monoisotopic (exact) mass is 539 g/mol. The fraction of sp³-hybridized carbons (Fsp3) is 0.364. The van der Waals surface area contributed by atoms with E-state index in [-0.39, 0.29) is 19.0 Å². The van der Waals surface area contributed by atoms with Crippen LogP contribution in [0.25, 0.3) is 5.65 Å². The van der Waals surface area contributed by atoms with Gasteiger partial charge >= 0.3 is 0 Å². The molecule has 7 nitrogen and oxygen atoms in total. The molecule has 0 atom stereocenters. The molecule has 170 valence electrons. The van der Waals surface area contributed by atoms with E-state index in [1.54, 1.807) is 40.0 Å². The van der Waals surface area contributed by atoms with Crippen molar-refractivity contribution in [3.63, 3.8) is 0 Å². The maximum absolute atomic E-state index is 13.4. The van der Waals surface area contributed by atoms with Gasteiger partial charge in [0, 0.05) is 29.6 Å². The maximum Gasteiger partial charge on any atom is 0.257 e. The van der Waals surface area contributed by atoms with Crippen molar-refractivity contribution in [3.8, 4) is 0 Å². The first-order valence-electron chi connectivity index (χ1n) is 10.4. The number of nitrogens with one attached hydrogen (secondary N) is 2. The lowest BCUT2D eigenvalue weighted by atomic mass is 9.93.